The highest BCUT2D eigenvalue weighted by atomic mass is 16.6. The normalized spacial score (nSPS) is 32.3. The molecule has 1 saturated heterocycles. The highest BCUT2D eigenvalue weighted by Crippen LogP contribution is 2.64. The van der Waals surface area contributed by atoms with Crippen molar-refractivity contribution in [3.63, 3.8) is 0 Å². The summed E-state index contributed by atoms with van der Waals surface area (Å²) in [4.78, 5) is 83.0. The van der Waals surface area contributed by atoms with E-state index in [4.69, 9.17) is 23.7 Å². The second kappa shape index (κ2) is 17.4. The van der Waals surface area contributed by atoms with Gasteiger partial charge >= 0.3 is 23.9 Å². The zero-order chi connectivity index (χ0) is 44.7. The number of ketones is 1. The van der Waals surface area contributed by atoms with Crippen LogP contribution in [0, 0.1) is 16.7 Å². The number of carbonyl (C=O) groups excluding carboxylic acids is 6. The van der Waals surface area contributed by atoms with Gasteiger partial charge in [-0.3, -0.25) is 19.2 Å². The molecule has 0 aromatic heterocycles. The minimum Gasteiger partial charge on any atom is -0.456 e. The van der Waals surface area contributed by atoms with Crippen LogP contribution in [0.2, 0.25) is 0 Å². The summed E-state index contributed by atoms with van der Waals surface area (Å²) in [5, 5.41) is 40.2. The summed E-state index contributed by atoms with van der Waals surface area (Å²) in [7, 11) is 0. The first-order chi connectivity index (χ1) is 28.7. The number of ether oxygens (including phenoxy) is 5. The predicted octanol–water partition coefficient (Wildman–Crippen LogP) is 4.00. The van der Waals surface area contributed by atoms with E-state index < -0.39 is 113 Å². The molecule has 11 atom stereocenters. The first-order valence-electron chi connectivity index (χ1n) is 20.9. The molecule has 330 valence electrons. The number of benzene rings is 2. The molecule has 1 aliphatic heterocycles. The van der Waals surface area contributed by atoms with Crippen molar-refractivity contribution in [3.05, 3.63) is 82.9 Å². The molecule has 3 fully saturated rings. The Morgan fingerprint density at radius 2 is 1.56 bits per heavy atom. The van der Waals surface area contributed by atoms with Crippen molar-refractivity contribution in [1.29, 1.82) is 0 Å². The number of aliphatic hydroxyl groups excluding tert-OH is 2. The molecule has 2 saturated carbocycles. The summed E-state index contributed by atoms with van der Waals surface area (Å²) < 4.78 is 30.3. The number of fused-ring (bicyclic) bond motifs is 5. The fourth-order valence-electron chi connectivity index (χ4n) is 10.1. The lowest BCUT2D eigenvalue weighted by Gasteiger charge is -2.67. The second-order valence-corrected chi connectivity index (χ2v) is 17.5. The summed E-state index contributed by atoms with van der Waals surface area (Å²) >= 11 is 0. The summed E-state index contributed by atoms with van der Waals surface area (Å²) in [6, 6.07) is 15.0. The maximum Gasteiger partial charge on any atom is 0.338 e. The van der Waals surface area contributed by atoms with Crippen LogP contribution in [0.15, 0.2) is 71.8 Å². The summed E-state index contributed by atoms with van der Waals surface area (Å²) in [6.07, 6.45) is -7.92. The number of carbonyl (C=O) groups is 6. The summed E-state index contributed by atoms with van der Waals surface area (Å²) in [5.74, 6) is -6.55. The van der Waals surface area contributed by atoms with Crippen LogP contribution in [0.5, 0.6) is 0 Å². The molecule has 61 heavy (non-hydrogen) atoms. The highest BCUT2D eigenvalue weighted by Gasteiger charge is 2.78. The number of hydrogen-bond donors (Lipinski definition) is 4. The third kappa shape index (κ3) is 8.01. The van der Waals surface area contributed by atoms with Gasteiger partial charge in [-0.1, -0.05) is 82.1 Å². The van der Waals surface area contributed by atoms with Gasteiger partial charge in [0.15, 0.2) is 23.6 Å². The van der Waals surface area contributed by atoms with Gasteiger partial charge in [0.25, 0.3) is 0 Å². The molecule has 0 radical (unpaired) electrons. The Morgan fingerprint density at radius 1 is 0.918 bits per heavy atom. The minimum absolute atomic E-state index is 0.0127. The van der Waals surface area contributed by atoms with Gasteiger partial charge in [-0.25, -0.2) is 9.59 Å². The second-order valence-electron chi connectivity index (χ2n) is 17.5. The van der Waals surface area contributed by atoms with Gasteiger partial charge < -0.3 is 44.3 Å². The maximum atomic E-state index is 15.5. The minimum atomic E-state index is -2.37. The van der Waals surface area contributed by atoms with Gasteiger partial charge in [-0.15, -0.1) is 0 Å². The zero-order valence-electron chi connectivity index (χ0n) is 35.7. The Morgan fingerprint density at radius 3 is 2.13 bits per heavy atom. The number of amides is 1. The Kier molecular flexibility index (Phi) is 13.0. The number of rotatable bonds is 13. The molecule has 2 bridgehead atoms. The van der Waals surface area contributed by atoms with Crippen LogP contribution < -0.4 is 5.32 Å². The van der Waals surface area contributed by atoms with Crippen molar-refractivity contribution in [2.75, 3.05) is 6.61 Å². The number of aliphatic hydroxyl groups is 3. The fourth-order valence-corrected chi connectivity index (χ4v) is 10.1. The van der Waals surface area contributed by atoms with Crippen LogP contribution in [0.1, 0.15) is 109 Å². The average Bonchev–Trinajstić information content (AvgIpc) is 3.21. The lowest BCUT2D eigenvalue weighted by molar-refractivity contribution is -0.346. The van der Waals surface area contributed by atoms with Crippen molar-refractivity contribution in [2.45, 2.75) is 141 Å². The SMILES string of the molecule is CCCCCC(=O)N[C@H](c1ccccc1)[C@@H](O)C(=O)O[C@H]1C[C@@]2(O)[C@@H](OC(=O)c3ccccc3)[C@@H]3[C@]4(OC(C)=O)CO[C@@H]4C[C@@H](O)[C@@]3(C)C(=O)[C@H](OC(C)=O)C(=C1C)C2(C)C. The number of esters is 4. The number of nitrogens with one attached hydrogen (secondary N) is 1. The summed E-state index contributed by atoms with van der Waals surface area (Å²) in [6.45, 7) is 10.0. The fraction of sp³-hybridized carbons (Fsp3) is 0.565. The standard InChI is InChI=1S/C46H57NO14/c1-8-9-12-21-33(51)47-35(28-17-13-10-14-18-28)36(52)42(55)59-30-23-46(56)40(60-41(54)29-19-15-11-16-20-29)38-44(7,31(50)22-32-45(38,24-57-32)61-27(4)49)39(53)37(58-26(3)48)34(25(30)2)43(46,5)6/h10-11,13-20,30-32,35-38,40,50,52,56H,8-9,12,21-24H2,1-7H3,(H,47,51)/t30-,31+,32+,35+,36+,37+,38-,40-,44+,45-,46+/m0/s1. The van der Waals surface area contributed by atoms with Crippen molar-refractivity contribution in [1.82, 2.24) is 5.32 Å². The van der Waals surface area contributed by atoms with E-state index in [1.807, 2.05) is 6.92 Å². The van der Waals surface area contributed by atoms with Crippen molar-refractivity contribution >= 4 is 35.6 Å². The third-order valence-electron chi connectivity index (χ3n) is 13.5. The zero-order valence-corrected chi connectivity index (χ0v) is 35.7. The van der Waals surface area contributed by atoms with E-state index in [0.29, 0.717) is 12.0 Å². The monoisotopic (exact) mass is 847 g/mol. The molecule has 0 spiro atoms. The molecular formula is C46H57NO14. The third-order valence-corrected chi connectivity index (χ3v) is 13.5. The molecule has 6 rings (SSSR count). The van der Waals surface area contributed by atoms with Crippen molar-refractivity contribution < 1.29 is 67.8 Å². The number of hydrogen-bond acceptors (Lipinski definition) is 14. The van der Waals surface area contributed by atoms with Crippen LogP contribution in [-0.4, -0.2) is 105 Å². The van der Waals surface area contributed by atoms with Crippen molar-refractivity contribution in [2.24, 2.45) is 16.7 Å². The molecule has 4 aliphatic rings. The van der Waals surface area contributed by atoms with Gasteiger partial charge in [-0.05, 0) is 49.1 Å². The molecule has 15 heteroatoms. The van der Waals surface area contributed by atoms with Crippen LogP contribution in [-0.2, 0) is 47.7 Å². The van der Waals surface area contributed by atoms with E-state index in [-0.39, 0.29) is 36.2 Å². The lowest BCUT2D eigenvalue weighted by Crippen LogP contribution is -2.82. The topological polar surface area (TPSA) is 221 Å². The Hall–Kier alpha value is -4.96. The van der Waals surface area contributed by atoms with E-state index in [9.17, 15) is 39.3 Å². The first-order valence-corrected chi connectivity index (χ1v) is 20.9. The van der Waals surface area contributed by atoms with Crippen LogP contribution in [0.25, 0.3) is 0 Å². The van der Waals surface area contributed by atoms with E-state index in [0.717, 1.165) is 26.7 Å². The van der Waals surface area contributed by atoms with E-state index >= 15 is 4.79 Å². The van der Waals surface area contributed by atoms with Gasteiger partial charge in [0.2, 0.25) is 5.91 Å². The average molecular weight is 848 g/mol. The largest absolute Gasteiger partial charge is 0.456 e. The molecular weight excluding hydrogens is 790 g/mol. The molecule has 3 aliphatic carbocycles. The summed E-state index contributed by atoms with van der Waals surface area (Å²) in [5.41, 5.74) is -7.12. The van der Waals surface area contributed by atoms with Crippen molar-refractivity contribution in [3.8, 4) is 0 Å². The van der Waals surface area contributed by atoms with E-state index in [2.05, 4.69) is 5.32 Å². The number of Topliss-reactive ketones (excluding diaryl/α,β-unsaturated/α-hetero) is 1. The molecule has 1 amide bonds. The molecule has 15 nitrogen and oxygen atoms in total. The van der Waals surface area contributed by atoms with E-state index in [1.165, 1.54) is 26.0 Å². The Labute approximate surface area is 355 Å². The molecule has 2 aromatic carbocycles. The Balaban J connectivity index is 1.52. The maximum absolute atomic E-state index is 15.5. The lowest BCUT2D eigenvalue weighted by atomic mass is 9.44. The smallest absolute Gasteiger partial charge is 0.338 e. The van der Waals surface area contributed by atoms with Crippen LogP contribution in [0.4, 0.5) is 0 Å². The highest BCUT2D eigenvalue weighted by molar-refractivity contribution is 5.95. The molecule has 1 heterocycles. The first kappa shape index (κ1) is 45.6. The van der Waals surface area contributed by atoms with Gasteiger partial charge in [0.1, 0.15) is 23.9 Å². The van der Waals surface area contributed by atoms with Gasteiger partial charge in [-0.2, -0.15) is 0 Å². The molecule has 0 unspecified atom stereocenters. The van der Waals surface area contributed by atoms with Gasteiger partial charge in [0.05, 0.1) is 35.6 Å². The van der Waals surface area contributed by atoms with Gasteiger partial charge in [0, 0.05) is 38.5 Å². The van der Waals surface area contributed by atoms with E-state index in [1.54, 1.807) is 62.4 Å². The molecule has 2 aromatic rings. The quantitative estimate of drug-likeness (QED) is 0.0969. The predicted molar refractivity (Wildman–Crippen MR) is 216 cm³/mol. The van der Waals surface area contributed by atoms with Crippen LogP contribution >= 0.6 is 0 Å². The molecule has 4 N–H and O–H groups in total. The Bertz CT molecular complexity index is 2050. The van der Waals surface area contributed by atoms with Crippen LogP contribution in [0.3, 0.4) is 0 Å². The number of unbranched alkanes of at least 4 members (excludes halogenated alkanes) is 2.